The molecule has 0 atom stereocenters. The summed E-state index contributed by atoms with van der Waals surface area (Å²) >= 11 is 3.26. The molecule has 0 aliphatic heterocycles. The van der Waals surface area contributed by atoms with Crippen LogP contribution in [0.15, 0.2) is 45.8 Å². The Bertz CT molecular complexity index is 580. The molecule has 1 aromatic heterocycles. The maximum atomic E-state index is 11.0. The minimum atomic E-state index is -0.185. The molecule has 0 fully saturated rings. The van der Waals surface area contributed by atoms with Gasteiger partial charge in [-0.2, -0.15) is 0 Å². The van der Waals surface area contributed by atoms with E-state index in [1.54, 1.807) is 19.2 Å². The number of benzene rings is 1. The highest BCUT2D eigenvalue weighted by Gasteiger charge is 2.04. The Labute approximate surface area is 106 Å². The van der Waals surface area contributed by atoms with E-state index in [0.29, 0.717) is 21.7 Å². The lowest BCUT2D eigenvalue weighted by Crippen LogP contribution is -2.03. The van der Waals surface area contributed by atoms with E-state index in [1.165, 1.54) is 12.3 Å². The van der Waals surface area contributed by atoms with E-state index in [4.69, 9.17) is 9.47 Å². The second-order valence-electron chi connectivity index (χ2n) is 3.29. The van der Waals surface area contributed by atoms with E-state index in [2.05, 4.69) is 20.9 Å². The van der Waals surface area contributed by atoms with Crippen molar-refractivity contribution >= 4 is 15.9 Å². The minimum Gasteiger partial charge on any atom is -0.497 e. The first kappa shape index (κ1) is 11.7. The fraction of sp³-hybridized carbons (Fsp3) is 0.0833. The van der Waals surface area contributed by atoms with Gasteiger partial charge in [0.25, 0.3) is 0 Å². The summed E-state index contributed by atoms with van der Waals surface area (Å²) in [6.45, 7) is 0. The highest BCUT2D eigenvalue weighted by atomic mass is 79.9. The Hall–Kier alpha value is -1.75. The van der Waals surface area contributed by atoms with Gasteiger partial charge in [0.1, 0.15) is 11.5 Å². The number of hydrogen-bond donors (Lipinski definition) is 1. The molecule has 2 rings (SSSR count). The highest BCUT2D eigenvalue weighted by molar-refractivity contribution is 9.10. The Balaban J connectivity index is 2.28. The largest absolute Gasteiger partial charge is 0.497 e. The molecule has 0 spiro atoms. The normalized spacial score (nSPS) is 10.0. The van der Waals surface area contributed by atoms with Crippen LogP contribution in [0.5, 0.6) is 17.2 Å². The molecule has 0 bridgehead atoms. The van der Waals surface area contributed by atoms with Crippen LogP contribution in [0.3, 0.4) is 0 Å². The van der Waals surface area contributed by atoms with Gasteiger partial charge < -0.3 is 14.5 Å². The van der Waals surface area contributed by atoms with Gasteiger partial charge in [0.05, 0.1) is 11.6 Å². The zero-order chi connectivity index (χ0) is 12.3. The number of ether oxygens (including phenoxy) is 2. The fourth-order valence-electron chi connectivity index (χ4n) is 1.30. The standard InChI is InChI=1S/C12H10BrNO3/c1-16-8-3-2-4-9(5-8)17-11-7-14-12(15)6-10(11)13/h2-7H,1H3,(H,14,15). The molecule has 0 aliphatic rings. The van der Waals surface area contributed by atoms with Crippen LogP contribution in [0.4, 0.5) is 0 Å². The highest BCUT2D eigenvalue weighted by Crippen LogP contribution is 2.29. The minimum absolute atomic E-state index is 0.185. The number of rotatable bonds is 3. The maximum absolute atomic E-state index is 11.0. The van der Waals surface area contributed by atoms with Gasteiger partial charge in [-0.1, -0.05) is 6.07 Å². The molecule has 88 valence electrons. The van der Waals surface area contributed by atoms with Crippen molar-refractivity contribution in [1.29, 1.82) is 0 Å². The predicted molar refractivity (Wildman–Crippen MR) is 67.8 cm³/mol. The van der Waals surface area contributed by atoms with E-state index in [-0.39, 0.29) is 5.56 Å². The van der Waals surface area contributed by atoms with Gasteiger partial charge in [-0.15, -0.1) is 0 Å². The number of aromatic amines is 1. The van der Waals surface area contributed by atoms with Crippen molar-refractivity contribution in [1.82, 2.24) is 4.98 Å². The Morgan fingerprint density at radius 1 is 1.24 bits per heavy atom. The lowest BCUT2D eigenvalue weighted by atomic mass is 10.3. The molecule has 0 aliphatic carbocycles. The maximum Gasteiger partial charge on any atom is 0.249 e. The SMILES string of the molecule is COc1cccc(Oc2c[nH]c(=O)cc2Br)c1. The summed E-state index contributed by atoms with van der Waals surface area (Å²) < 4.78 is 11.3. The van der Waals surface area contributed by atoms with Crippen molar-refractivity contribution in [3.05, 3.63) is 51.4 Å². The zero-order valence-electron chi connectivity index (χ0n) is 9.07. The van der Waals surface area contributed by atoms with Crippen LogP contribution < -0.4 is 15.0 Å². The molecule has 0 unspecified atom stereocenters. The topological polar surface area (TPSA) is 51.3 Å². The third-order valence-corrected chi connectivity index (χ3v) is 2.73. The van der Waals surface area contributed by atoms with Crippen LogP contribution in [0.2, 0.25) is 0 Å². The van der Waals surface area contributed by atoms with Gasteiger partial charge in [0.15, 0.2) is 5.75 Å². The third-order valence-electron chi connectivity index (χ3n) is 2.11. The van der Waals surface area contributed by atoms with Crippen LogP contribution in [-0.2, 0) is 0 Å². The van der Waals surface area contributed by atoms with Crippen LogP contribution in [0, 0.1) is 0 Å². The summed E-state index contributed by atoms with van der Waals surface area (Å²) in [7, 11) is 1.59. The second kappa shape index (κ2) is 5.05. The van der Waals surface area contributed by atoms with E-state index in [1.807, 2.05) is 12.1 Å². The van der Waals surface area contributed by atoms with Crippen molar-refractivity contribution < 1.29 is 9.47 Å². The smallest absolute Gasteiger partial charge is 0.249 e. The summed E-state index contributed by atoms with van der Waals surface area (Å²) in [5, 5.41) is 0. The molecule has 1 N–H and O–H groups in total. The second-order valence-corrected chi connectivity index (χ2v) is 4.14. The molecule has 1 heterocycles. The molecule has 0 saturated carbocycles. The molecule has 0 amide bonds. The first-order chi connectivity index (χ1) is 8.19. The Morgan fingerprint density at radius 3 is 2.71 bits per heavy atom. The van der Waals surface area contributed by atoms with Gasteiger partial charge in [-0.3, -0.25) is 4.79 Å². The average Bonchev–Trinajstić information content (AvgIpc) is 2.33. The van der Waals surface area contributed by atoms with Crippen molar-refractivity contribution in [2.75, 3.05) is 7.11 Å². The first-order valence-electron chi connectivity index (χ1n) is 4.89. The van der Waals surface area contributed by atoms with Crippen molar-refractivity contribution in [3.63, 3.8) is 0 Å². The molecule has 4 nitrogen and oxygen atoms in total. The third kappa shape index (κ3) is 2.88. The number of nitrogens with one attached hydrogen (secondary N) is 1. The van der Waals surface area contributed by atoms with Crippen LogP contribution >= 0.6 is 15.9 Å². The van der Waals surface area contributed by atoms with Crippen LogP contribution in [0.1, 0.15) is 0 Å². The van der Waals surface area contributed by atoms with Gasteiger partial charge >= 0.3 is 0 Å². The quantitative estimate of drug-likeness (QED) is 0.947. The lowest BCUT2D eigenvalue weighted by molar-refractivity contribution is 0.408. The van der Waals surface area contributed by atoms with Crippen molar-refractivity contribution in [2.45, 2.75) is 0 Å². The molecular weight excluding hydrogens is 286 g/mol. The van der Waals surface area contributed by atoms with E-state index in [0.717, 1.165) is 0 Å². The number of H-pyrrole nitrogens is 1. The van der Waals surface area contributed by atoms with E-state index < -0.39 is 0 Å². The molecule has 1 aromatic carbocycles. The summed E-state index contributed by atoms with van der Waals surface area (Å²) in [6, 6.07) is 8.63. The summed E-state index contributed by atoms with van der Waals surface area (Å²) in [4.78, 5) is 13.6. The van der Waals surface area contributed by atoms with Crippen LogP contribution in [0.25, 0.3) is 0 Å². The summed E-state index contributed by atoms with van der Waals surface area (Å²) in [5.41, 5.74) is -0.185. The molecule has 0 saturated heterocycles. The monoisotopic (exact) mass is 295 g/mol. The lowest BCUT2D eigenvalue weighted by Gasteiger charge is -2.08. The average molecular weight is 296 g/mol. The van der Waals surface area contributed by atoms with Gasteiger partial charge in [-0.25, -0.2) is 0 Å². The molecule has 2 aromatic rings. The Morgan fingerprint density at radius 2 is 2.00 bits per heavy atom. The van der Waals surface area contributed by atoms with Crippen molar-refractivity contribution in [3.8, 4) is 17.2 Å². The van der Waals surface area contributed by atoms with Gasteiger partial charge in [0.2, 0.25) is 5.56 Å². The fourth-order valence-corrected chi connectivity index (χ4v) is 1.71. The summed E-state index contributed by atoms with van der Waals surface area (Å²) in [5.74, 6) is 1.89. The molecular formula is C12H10BrNO3. The number of hydrogen-bond acceptors (Lipinski definition) is 3. The van der Waals surface area contributed by atoms with Crippen LogP contribution in [-0.4, -0.2) is 12.1 Å². The molecule has 17 heavy (non-hydrogen) atoms. The first-order valence-corrected chi connectivity index (χ1v) is 5.68. The zero-order valence-corrected chi connectivity index (χ0v) is 10.7. The van der Waals surface area contributed by atoms with Crippen molar-refractivity contribution in [2.24, 2.45) is 0 Å². The molecule has 0 radical (unpaired) electrons. The predicted octanol–water partition coefficient (Wildman–Crippen LogP) is 2.94. The number of aromatic nitrogens is 1. The Kier molecular flexibility index (Phi) is 3.49. The number of methoxy groups -OCH3 is 1. The summed E-state index contributed by atoms with van der Waals surface area (Å²) in [6.07, 6.45) is 1.51. The molecule has 5 heteroatoms. The van der Waals surface area contributed by atoms with Gasteiger partial charge in [-0.05, 0) is 28.1 Å². The van der Waals surface area contributed by atoms with E-state index in [9.17, 15) is 4.79 Å². The number of halogens is 1. The number of pyridine rings is 1. The van der Waals surface area contributed by atoms with E-state index >= 15 is 0 Å². The van der Waals surface area contributed by atoms with Gasteiger partial charge in [0, 0.05) is 18.3 Å².